The minimum absolute atomic E-state index is 0.0405. The molecule has 0 amide bonds. The number of aromatic nitrogens is 2. The number of aryl methyl sites for hydroxylation is 3. The molecule has 1 aromatic carbocycles. The van der Waals surface area contributed by atoms with Crippen molar-refractivity contribution in [2.45, 2.75) is 20.3 Å². The molecule has 0 radical (unpaired) electrons. The van der Waals surface area contributed by atoms with Crippen molar-refractivity contribution in [2.75, 3.05) is 0 Å². The first-order valence-electron chi connectivity index (χ1n) is 6.32. The molecular formula is C14H11F4N2S+. The van der Waals surface area contributed by atoms with Crippen LogP contribution in [0, 0.1) is 29.5 Å². The highest BCUT2D eigenvalue weighted by molar-refractivity contribution is 7.17. The Morgan fingerprint density at radius 1 is 1.00 bits per heavy atom. The first-order valence-corrected chi connectivity index (χ1v) is 7.14. The van der Waals surface area contributed by atoms with E-state index in [1.807, 2.05) is 0 Å². The average Bonchev–Trinajstić information content (AvgIpc) is 2.72. The number of halogens is 4. The van der Waals surface area contributed by atoms with Crippen LogP contribution in [0.15, 0.2) is 0 Å². The Balaban J connectivity index is 2.71. The summed E-state index contributed by atoms with van der Waals surface area (Å²) in [5.41, 5.74) is 0.706. The van der Waals surface area contributed by atoms with Gasteiger partial charge in [-0.25, -0.2) is 13.2 Å². The predicted octanol–water partition coefficient (Wildman–Crippen LogP) is 3.70. The van der Waals surface area contributed by atoms with Crippen LogP contribution in [-0.4, -0.2) is 5.10 Å². The largest absolute Gasteiger partial charge is 0.218 e. The van der Waals surface area contributed by atoms with Gasteiger partial charge in [-0.05, 0) is 12.0 Å². The van der Waals surface area contributed by atoms with Crippen LogP contribution in [0.5, 0.6) is 0 Å². The van der Waals surface area contributed by atoms with E-state index < -0.39 is 28.0 Å². The number of nitrogens with zero attached hydrogens (tertiary/aromatic N) is 2. The molecule has 2 nitrogen and oxygen atoms in total. The highest BCUT2D eigenvalue weighted by Crippen LogP contribution is 2.39. The third kappa shape index (κ3) is 1.76. The zero-order chi connectivity index (χ0) is 15.5. The van der Waals surface area contributed by atoms with Crippen LogP contribution in [-0.2, 0) is 13.5 Å². The molecule has 7 heteroatoms. The van der Waals surface area contributed by atoms with Crippen LogP contribution < -0.4 is 4.68 Å². The molecule has 0 unspecified atom stereocenters. The van der Waals surface area contributed by atoms with Gasteiger partial charge in [0.2, 0.25) is 10.8 Å². The van der Waals surface area contributed by atoms with Crippen molar-refractivity contribution in [3.05, 3.63) is 34.0 Å². The lowest BCUT2D eigenvalue weighted by Crippen LogP contribution is -2.39. The fraction of sp³-hybridized carbons (Fsp3) is 0.286. The minimum atomic E-state index is -1.35. The zero-order valence-electron chi connectivity index (χ0n) is 11.5. The van der Waals surface area contributed by atoms with Crippen molar-refractivity contribution >= 4 is 32.2 Å². The molecule has 21 heavy (non-hydrogen) atoms. The Hall–Kier alpha value is -1.76. The van der Waals surface area contributed by atoms with Crippen LogP contribution in [0.4, 0.5) is 17.6 Å². The van der Waals surface area contributed by atoms with Crippen LogP contribution in [0.3, 0.4) is 0 Å². The van der Waals surface area contributed by atoms with E-state index in [0.29, 0.717) is 12.1 Å². The molecule has 3 rings (SSSR count). The van der Waals surface area contributed by atoms with Gasteiger partial charge < -0.3 is 0 Å². The van der Waals surface area contributed by atoms with Crippen LogP contribution in [0.1, 0.15) is 18.3 Å². The van der Waals surface area contributed by atoms with E-state index in [-0.39, 0.29) is 32.5 Å². The lowest BCUT2D eigenvalue weighted by Gasteiger charge is -2.07. The van der Waals surface area contributed by atoms with E-state index in [0.717, 1.165) is 0 Å². The molecule has 2 aromatic heterocycles. The molecule has 0 bridgehead atoms. The summed E-state index contributed by atoms with van der Waals surface area (Å²) in [6, 6.07) is 0. The summed E-state index contributed by atoms with van der Waals surface area (Å²) in [6.07, 6.45) is 0.415. The predicted molar refractivity (Wildman–Crippen MR) is 72.2 cm³/mol. The van der Waals surface area contributed by atoms with Gasteiger partial charge in [-0.3, -0.25) is 0 Å². The van der Waals surface area contributed by atoms with Crippen molar-refractivity contribution in [1.29, 1.82) is 0 Å². The molecule has 0 saturated heterocycles. The van der Waals surface area contributed by atoms with Crippen molar-refractivity contribution in [3.63, 3.8) is 0 Å². The summed E-state index contributed by atoms with van der Waals surface area (Å²) < 4.78 is 57.6. The molecule has 0 aliphatic carbocycles. The smallest absolute Gasteiger partial charge is 0.205 e. The Bertz CT molecular complexity index is 902. The standard InChI is InChI=1S/C14H11F4N2S/c1-4-6-8-7(5(2)19-20(6)3)10(15)9-12(17)14(18)21-13(9)11(8)16/h4H2,1-3H3/q+1. The molecule has 0 spiro atoms. The third-order valence-electron chi connectivity index (χ3n) is 3.59. The van der Waals surface area contributed by atoms with Crippen LogP contribution in [0.2, 0.25) is 0 Å². The molecule has 0 fully saturated rings. The first kappa shape index (κ1) is 14.2. The van der Waals surface area contributed by atoms with Gasteiger partial charge in [0.25, 0.3) is 0 Å². The van der Waals surface area contributed by atoms with Gasteiger partial charge in [0.1, 0.15) is 11.5 Å². The molecule has 0 N–H and O–H groups in total. The van der Waals surface area contributed by atoms with E-state index >= 15 is 0 Å². The molecule has 0 aliphatic rings. The maximum Gasteiger partial charge on any atom is 0.218 e. The van der Waals surface area contributed by atoms with Crippen LogP contribution in [0.25, 0.3) is 20.9 Å². The van der Waals surface area contributed by atoms with Gasteiger partial charge >= 0.3 is 0 Å². The van der Waals surface area contributed by atoms with E-state index in [1.165, 1.54) is 11.6 Å². The van der Waals surface area contributed by atoms with Crippen molar-refractivity contribution in [1.82, 2.24) is 5.10 Å². The summed E-state index contributed by atoms with van der Waals surface area (Å²) >= 11 is 0.279. The normalized spacial score (nSPS) is 11.8. The second kappa shape index (κ2) is 4.62. The second-order valence-corrected chi connectivity index (χ2v) is 5.75. The zero-order valence-corrected chi connectivity index (χ0v) is 12.3. The number of fused-ring (bicyclic) bond motifs is 2. The third-order valence-corrected chi connectivity index (χ3v) is 4.54. The number of benzene rings is 1. The maximum atomic E-state index is 14.7. The monoisotopic (exact) mass is 315 g/mol. The maximum absolute atomic E-state index is 14.7. The van der Waals surface area contributed by atoms with Gasteiger partial charge in [-0.1, -0.05) is 22.9 Å². The fourth-order valence-corrected chi connectivity index (χ4v) is 3.55. The minimum Gasteiger partial charge on any atom is -0.205 e. The highest BCUT2D eigenvalue weighted by Gasteiger charge is 2.29. The lowest BCUT2D eigenvalue weighted by molar-refractivity contribution is -0.736. The van der Waals surface area contributed by atoms with Gasteiger partial charge in [-0.2, -0.15) is 4.39 Å². The highest BCUT2D eigenvalue weighted by atomic mass is 32.1. The number of thiophene rings is 1. The Labute approximate surface area is 121 Å². The topological polar surface area (TPSA) is 16.8 Å². The Morgan fingerprint density at radius 3 is 2.29 bits per heavy atom. The summed E-state index contributed by atoms with van der Waals surface area (Å²) in [6.45, 7) is 3.29. The van der Waals surface area contributed by atoms with Gasteiger partial charge in [0.15, 0.2) is 18.7 Å². The Kier molecular flexibility index (Phi) is 3.12. The number of rotatable bonds is 1. The van der Waals surface area contributed by atoms with Crippen molar-refractivity contribution in [2.24, 2.45) is 7.05 Å². The van der Waals surface area contributed by atoms with Gasteiger partial charge in [0.05, 0.1) is 20.9 Å². The van der Waals surface area contributed by atoms with Crippen LogP contribution >= 0.6 is 11.3 Å². The summed E-state index contributed by atoms with van der Waals surface area (Å²) in [4.78, 5) is 0. The molecule has 3 aromatic rings. The Morgan fingerprint density at radius 2 is 1.67 bits per heavy atom. The fourth-order valence-electron chi connectivity index (χ4n) is 2.71. The summed E-state index contributed by atoms with van der Waals surface area (Å²) in [5.74, 6) is -3.11. The quantitative estimate of drug-likeness (QED) is 0.494. The molecule has 0 atom stereocenters. The molecule has 110 valence electrons. The SMILES string of the molecule is CCc1c2c(F)c3sc(F)c(F)c3c(F)c2c(C)n[n+]1C. The average molecular weight is 315 g/mol. The summed E-state index contributed by atoms with van der Waals surface area (Å²) in [7, 11) is 1.63. The second-order valence-electron chi connectivity index (χ2n) is 4.78. The van der Waals surface area contributed by atoms with Gasteiger partial charge in [-0.15, -0.1) is 0 Å². The molecule has 0 saturated carbocycles. The number of hydrogen-bond donors (Lipinski definition) is 0. The van der Waals surface area contributed by atoms with Gasteiger partial charge in [0, 0.05) is 6.42 Å². The molecule has 2 heterocycles. The van der Waals surface area contributed by atoms with E-state index in [1.54, 1.807) is 14.0 Å². The molecule has 0 aliphatic heterocycles. The van der Waals surface area contributed by atoms with Crippen molar-refractivity contribution < 1.29 is 22.2 Å². The van der Waals surface area contributed by atoms with E-state index in [9.17, 15) is 17.6 Å². The number of hydrogen-bond acceptors (Lipinski definition) is 2. The van der Waals surface area contributed by atoms with E-state index in [4.69, 9.17) is 0 Å². The van der Waals surface area contributed by atoms with Crippen molar-refractivity contribution in [3.8, 4) is 0 Å². The first-order chi connectivity index (χ1) is 9.88. The lowest BCUT2D eigenvalue weighted by atomic mass is 10.0. The van der Waals surface area contributed by atoms with E-state index in [2.05, 4.69) is 5.10 Å². The molecular weight excluding hydrogens is 304 g/mol. The summed E-state index contributed by atoms with van der Waals surface area (Å²) in [5, 5.41) is 2.21.